The number of rotatable bonds is 10. The Hall–Kier alpha value is -4.28. The van der Waals surface area contributed by atoms with Gasteiger partial charge in [-0.15, -0.1) is 11.3 Å². The predicted molar refractivity (Wildman–Crippen MR) is 162 cm³/mol. The molecule has 1 amide bonds. The zero-order chi connectivity index (χ0) is 29.1. The van der Waals surface area contributed by atoms with Crippen molar-refractivity contribution in [2.24, 2.45) is 0 Å². The monoisotopic (exact) mass is 570 g/mol. The van der Waals surface area contributed by atoms with E-state index in [0.717, 1.165) is 23.5 Å². The number of para-hydroxylation sites is 2. The van der Waals surface area contributed by atoms with Crippen molar-refractivity contribution in [3.05, 3.63) is 99.0 Å². The fourth-order valence-corrected chi connectivity index (χ4v) is 5.78. The maximum atomic E-state index is 14.0. The van der Waals surface area contributed by atoms with Gasteiger partial charge in [-0.05, 0) is 51.7 Å². The van der Waals surface area contributed by atoms with Crippen LogP contribution < -0.4 is 10.3 Å². The maximum absolute atomic E-state index is 14.0. The number of thiazole rings is 1. The number of nitrogens with zero attached hydrogens (tertiary/aromatic N) is 6. The quantitative estimate of drug-likeness (QED) is 0.248. The third-order valence-electron chi connectivity index (χ3n) is 7.00. The van der Waals surface area contributed by atoms with Crippen LogP contribution in [0, 0.1) is 13.8 Å². The van der Waals surface area contributed by atoms with Gasteiger partial charge in [0, 0.05) is 36.4 Å². The Morgan fingerprint density at radius 1 is 1.02 bits per heavy atom. The highest BCUT2D eigenvalue weighted by Gasteiger charge is 2.22. The molecule has 41 heavy (non-hydrogen) atoms. The summed E-state index contributed by atoms with van der Waals surface area (Å²) >= 11 is 1.36. The van der Waals surface area contributed by atoms with E-state index in [2.05, 4.69) is 4.90 Å². The lowest BCUT2D eigenvalue weighted by atomic mass is 10.1. The van der Waals surface area contributed by atoms with E-state index in [1.807, 2.05) is 98.9 Å². The molecule has 10 heteroatoms. The number of amides is 1. The van der Waals surface area contributed by atoms with E-state index >= 15 is 0 Å². The molecule has 0 bridgehead atoms. The van der Waals surface area contributed by atoms with Crippen LogP contribution in [0.5, 0.6) is 5.75 Å². The van der Waals surface area contributed by atoms with Crippen molar-refractivity contribution in [3.8, 4) is 22.7 Å². The van der Waals surface area contributed by atoms with E-state index in [1.165, 1.54) is 11.3 Å². The number of hydrogen-bond acceptors (Lipinski definition) is 7. The second-order valence-electron chi connectivity index (χ2n) is 10.3. The van der Waals surface area contributed by atoms with Crippen molar-refractivity contribution in [2.75, 3.05) is 34.3 Å². The normalized spacial score (nSPS) is 11.4. The molecule has 2 aromatic carbocycles. The number of aryl methyl sites for hydroxylation is 2. The van der Waals surface area contributed by atoms with Gasteiger partial charge in [0.25, 0.3) is 5.56 Å². The first kappa shape index (κ1) is 28.3. The summed E-state index contributed by atoms with van der Waals surface area (Å²) in [5, 5.41) is 6.64. The SMILES string of the molecule is COc1ccccc1-n1nc(-c2c(C)nc3scc(CC(=O)N(CCN(C)C)Cc4ccccc4)n3c2=O)cc1C. The number of carbonyl (C=O) groups is 1. The Bertz CT molecular complexity index is 1740. The summed E-state index contributed by atoms with van der Waals surface area (Å²) in [6.07, 6.45) is 0.0963. The number of fused-ring (bicyclic) bond motifs is 1. The van der Waals surface area contributed by atoms with Gasteiger partial charge >= 0.3 is 0 Å². The fraction of sp³-hybridized carbons (Fsp3) is 0.290. The van der Waals surface area contributed by atoms with Crippen molar-refractivity contribution in [1.82, 2.24) is 29.0 Å². The largest absolute Gasteiger partial charge is 0.494 e. The highest BCUT2D eigenvalue weighted by atomic mass is 32.1. The molecule has 0 radical (unpaired) electrons. The molecule has 5 aromatic rings. The molecule has 5 rings (SSSR count). The Balaban J connectivity index is 1.50. The van der Waals surface area contributed by atoms with Gasteiger partial charge in [-0.1, -0.05) is 42.5 Å². The number of likely N-dealkylation sites (N-methyl/N-ethyl adjacent to an activating group) is 1. The van der Waals surface area contributed by atoms with Crippen LogP contribution in [0.15, 0.2) is 70.8 Å². The molecule has 0 N–H and O–H groups in total. The summed E-state index contributed by atoms with van der Waals surface area (Å²) in [6, 6.07) is 19.4. The lowest BCUT2D eigenvalue weighted by Crippen LogP contribution is -2.37. The van der Waals surface area contributed by atoms with E-state index in [9.17, 15) is 9.59 Å². The van der Waals surface area contributed by atoms with Gasteiger partial charge in [-0.2, -0.15) is 5.10 Å². The molecule has 0 saturated heterocycles. The van der Waals surface area contributed by atoms with Gasteiger partial charge in [-0.3, -0.25) is 14.0 Å². The van der Waals surface area contributed by atoms with E-state index in [1.54, 1.807) is 16.2 Å². The standard InChI is InChI=1S/C31H34N6O3S/c1-21-17-25(33-37(21)26-13-9-10-14-27(26)40-5)29-22(2)32-31-36(30(29)39)24(20-41-31)18-28(38)35(16-15-34(3)4)19-23-11-7-6-8-12-23/h6-14,17,20H,15-16,18-19H2,1-5H3. The molecule has 3 heterocycles. The van der Waals surface area contributed by atoms with Crippen LogP contribution in [0.25, 0.3) is 21.9 Å². The van der Waals surface area contributed by atoms with Crippen LogP contribution in [-0.4, -0.2) is 69.2 Å². The zero-order valence-corrected chi connectivity index (χ0v) is 24.8. The highest BCUT2D eigenvalue weighted by Crippen LogP contribution is 2.27. The van der Waals surface area contributed by atoms with Crippen molar-refractivity contribution >= 4 is 22.2 Å². The van der Waals surface area contributed by atoms with Crippen molar-refractivity contribution in [3.63, 3.8) is 0 Å². The molecule has 0 atom stereocenters. The van der Waals surface area contributed by atoms with Gasteiger partial charge < -0.3 is 14.5 Å². The molecule has 0 unspecified atom stereocenters. The predicted octanol–water partition coefficient (Wildman–Crippen LogP) is 4.37. The molecule has 9 nitrogen and oxygen atoms in total. The summed E-state index contributed by atoms with van der Waals surface area (Å²) in [4.78, 5) is 36.8. The Kier molecular flexibility index (Phi) is 8.32. The minimum Gasteiger partial charge on any atom is -0.494 e. The molecule has 0 saturated carbocycles. The molecule has 0 fully saturated rings. The number of carbonyl (C=O) groups excluding carboxylic acids is 1. The molecule has 212 valence electrons. The van der Waals surface area contributed by atoms with Crippen LogP contribution in [0.3, 0.4) is 0 Å². The van der Waals surface area contributed by atoms with Crippen LogP contribution in [0.2, 0.25) is 0 Å². The van der Waals surface area contributed by atoms with Crippen LogP contribution >= 0.6 is 11.3 Å². The molecule has 3 aromatic heterocycles. The smallest absolute Gasteiger partial charge is 0.268 e. The van der Waals surface area contributed by atoms with Crippen molar-refractivity contribution in [2.45, 2.75) is 26.8 Å². The minimum absolute atomic E-state index is 0.0410. The highest BCUT2D eigenvalue weighted by molar-refractivity contribution is 7.15. The Morgan fingerprint density at radius 2 is 1.76 bits per heavy atom. The van der Waals surface area contributed by atoms with Crippen LogP contribution in [0.1, 0.15) is 22.6 Å². The van der Waals surface area contributed by atoms with Gasteiger partial charge in [0.15, 0.2) is 4.96 Å². The van der Waals surface area contributed by atoms with Gasteiger partial charge in [-0.25, -0.2) is 9.67 Å². The summed E-state index contributed by atoms with van der Waals surface area (Å²) < 4.78 is 8.86. The zero-order valence-electron chi connectivity index (χ0n) is 24.0. The Morgan fingerprint density at radius 3 is 2.49 bits per heavy atom. The third-order valence-corrected chi connectivity index (χ3v) is 7.87. The summed E-state index contributed by atoms with van der Waals surface area (Å²) in [5.41, 5.74) is 4.62. The minimum atomic E-state index is -0.232. The second kappa shape index (κ2) is 12.1. The van der Waals surface area contributed by atoms with E-state index in [0.29, 0.717) is 46.4 Å². The molecule has 0 aliphatic heterocycles. The van der Waals surface area contributed by atoms with Gasteiger partial charge in [0.2, 0.25) is 5.91 Å². The summed E-state index contributed by atoms with van der Waals surface area (Å²) in [5.74, 6) is 0.640. The number of ether oxygens (including phenoxy) is 1. The molecular formula is C31H34N6O3S. The lowest BCUT2D eigenvalue weighted by Gasteiger charge is -2.24. The maximum Gasteiger partial charge on any atom is 0.268 e. The number of aromatic nitrogens is 4. The number of benzene rings is 2. The second-order valence-corrected chi connectivity index (χ2v) is 11.1. The number of hydrogen-bond donors (Lipinski definition) is 0. The average molecular weight is 571 g/mol. The van der Waals surface area contributed by atoms with Crippen LogP contribution in [0.4, 0.5) is 0 Å². The molecule has 0 aliphatic rings. The third kappa shape index (κ3) is 5.94. The lowest BCUT2D eigenvalue weighted by molar-refractivity contribution is -0.131. The first-order valence-electron chi connectivity index (χ1n) is 13.4. The summed E-state index contributed by atoms with van der Waals surface area (Å²) in [7, 11) is 5.60. The van der Waals surface area contributed by atoms with Crippen molar-refractivity contribution < 1.29 is 9.53 Å². The van der Waals surface area contributed by atoms with E-state index < -0.39 is 0 Å². The fourth-order valence-electron chi connectivity index (χ4n) is 4.85. The molecular weight excluding hydrogens is 536 g/mol. The van der Waals surface area contributed by atoms with Crippen LogP contribution in [-0.2, 0) is 17.8 Å². The molecule has 0 aliphatic carbocycles. The average Bonchev–Trinajstić information content (AvgIpc) is 3.54. The van der Waals surface area contributed by atoms with Gasteiger partial charge in [0.1, 0.15) is 17.1 Å². The Labute approximate surface area is 243 Å². The summed E-state index contributed by atoms with van der Waals surface area (Å²) in [6.45, 7) is 5.59. The first-order chi connectivity index (χ1) is 19.8. The number of methoxy groups -OCH3 is 1. The van der Waals surface area contributed by atoms with Crippen molar-refractivity contribution in [1.29, 1.82) is 0 Å². The first-order valence-corrected chi connectivity index (χ1v) is 14.3. The topological polar surface area (TPSA) is 85.0 Å². The molecule has 0 spiro atoms. The van der Waals surface area contributed by atoms with E-state index in [4.69, 9.17) is 14.8 Å². The van der Waals surface area contributed by atoms with Gasteiger partial charge in [0.05, 0.1) is 24.8 Å². The van der Waals surface area contributed by atoms with E-state index in [-0.39, 0.29) is 17.9 Å².